The molecule has 2 heterocycles. The van der Waals surface area contributed by atoms with E-state index < -0.39 is 0 Å². The fourth-order valence-corrected chi connectivity index (χ4v) is 2.99. The van der Waals surface area contributed by atoms with Gasteiger partial charge < -0.3 is 15.4 Å². The third kappa shape index (κ3) is 5.03. The van der Waals surface area contributed by atoms with Gasteiger partial charge in [-0.3, -0.25) is 9.69 Å². The van der Waals surface area contributed by atoms with Gasteiger partial charge in [-0.05, 0) is 37.6 Å². The Morgan fingerprint density at radius 3 is 2.77 bits per heavy atom. The second-order valence-electron chi connectivity index (χ2n) is 6.58. The number of anilines is 2. The number of aryl methyl sites for hydroxylation is 2. The second-order valence-corrected chi connectivity index (χ2v) is 6.58. The van der Waals surface area contributed by atoms with Crippen LogP contribution in [0.2, 0.25) is 0 Å². The lowest BCUT2D eigenvalue weighted by atomic mass is 10.1. The van der Waals surface area contributed by atoms with Gasteiger partial charge in [0.2, 0.25) is 0 Å². The molecule has 0 aliphatic carbocycles. The molecule has 2 N–H and O–H groups in total. The van der Waals surface area contributed by atoms with Gasteiger partial charge in [0.05, 0.1) is 13.2 Å². The van der Waals surface area contributed by atoms with E-state index in [-0.39, 0.29) is 5.91 Å². The molecule has 1 aromatic heterocycles. The first-order chi connectivity index (χ1) is 12.6. The van der Waals surface area contributed by atoms with Crippen molar-refractivity contribution >= 4 is 17.4 Å². The normalized spacial score (nSPS) is 14.8. The summed E-state index contributed by atoms with van der Waals surface area (Å²) in [6, 6.07) is 9.71. The smallest absolute Gasteiger partial charge is 0.251 e. The molecule has 6 heteroatoms. The molecule has 1 aromatic carbocycles. The Kier molecular flexibility index (Phi) is 6.20. The molecule has 0 spiro atoms. The van der Waals surface area contributed by atoms with E-state index in [1.165, 1.54) is 5.56 Å². The molecule has 0 saturated carbocycles. The van der Waals surface area contributed by atoms with E-state index in [1.54, 1.807) is 18.3 Å². The van der Waals surface area contributed by atoms with E-state index >= 15 is 0 Å². The molecule has 0 atom stereocenters. The predicted octanol–water partition coefficient (Wildman–Crippen LogP) is 2.50. The summed E-state index contributed by atoms with van der Waals surface area (Å²) in [5, 5.41) is 6.27. The predicted molar refractivity (Wildman–Crippen MR) is 103 cm³/mol. The van der Waals surface area contributed by atoms with Crippen LogP contribution in [0.25, 0.3) is 0 Å². The lowest BCUT2D eigenvalue weighted by Gasteiger charge is -2.26. The minimum atomic E-state index is -0.0793. The van der Waals surface area contributed by atoms with Crippen LogP contribution in [0, 0.1) is 13.8 Å². The Morgan fingerprint density at radius 2 is 2.00 bits per heavy atom. The van der Waals surface area contributed by atoms with Crippen LogP contribution in [-0.2, 0) is 4.74 Å². The van der Waals surface area contributed by atoms with Crippen molar-refractivity contribution in [3.05, 3.63) is 53.2 Å². The Morgan fingerprint density at radius 1 is 1.19 bits per heavy atom. The molecule has 138 valence electrons. The molecule has 1 fully saturated rings. The van der Waals surface area contributed by atoms with Crippen LogP contribution in [0.4, 0.5) is 11.5 Å². The van der Waals surface area contributed by atoms with Crippen molar-refractivity contribution in [3.8, 4) is 0 Å². The summed E-state index contributed by atoms with van der Waals surface area (Å²) in [4.78, 5) is 19.0. The molecule has 1 aliphatic rings. The molecular weight excluding hydrogens is 328 g/mol. The van der Waals surface area contributed by atoms with Gasteiger partial charge in [-0.2, -0.15) is 0 Å². The van der Waals surface area contributed by atoms with Crippen molar-refractivity contribution in [1.29, 1.82) is 0 Å². The fourth-order valence-electron chi connectivity index (χ4n) is 2.99. The van der Waals surface area contributed by atoms with Crippen molar-refractivity contribution in [3.63, 3.8) is 0 Å². The minimum Gasteiger partial charge on any atom is -0.379 e. The summed E-state index contributed by atoms with van der Waals surface area (Å²) >= 11 is 0. The first-order valence-corrected chi connectivity index (χ1v) is 9.00. The van der Waals surface area contributed by atoms with Crippen LogP contribution in [0.3, 0.4) is 0 Å². The lowest BCUT2D eigenvalue weighted by Crippen LogP contribution is -2.41. The van der Waals surface area contributed by atoms with Gasteiger partial charge >= 0.3 is 0 Å². The number of hydrogen-bond acceptors (Lipinski definition) is 5. The van der Waals surface area contributed by atoms with E-state index in [2.05, 4.69) is 46.5 Å². The van der Waals surface area contributed by atoms with Crippen LogP contribution < -0.4 is 10.6 Å². The van der Waals surface area contributed by atoms with E-state index in [4.69, 9.17) is 4.74 Å². The topological polar surface area (TPSA) is 66.5 Å². The molecule has 26 heavy (non-hydrogen) atoms. The van der Waals surface area contributed by atoms with Gasteiger partial charge in [-0.15, -0.1) is 0 Å². The van der Waals surface area contributed by atoms with Crippen LogP contribution in [-0.4, -0.2) is 55.2 Å². The quantitative estimate of drug-likeness (QED) is 0.834. The SMILES string of the molecule is Cc1ccc(Nc2cc(C(=O)NCCN3CCOCC3)ccn2)c(C)c1. The van der Waals surface area contributed by atoms with Crippen molar-refractivity contribution in [2.75, 3.05) is 44.7 Å². The Hall–Kier alpha value is -2.44. The van der Waals surface area contributed by atoms with Crippen molar-refractivity contribution < 1.29 is 9.53 Å². The highest BCUT2D eigenvalue weighted by molar-refractivity contribution is 5.94. The molecule has 1 saturated heterocycles. The van der Waals surface area contributed by atoms with Crippen LogP contribution >= 0.6 is 0 Å². The third-order valence-electron chi connectivity index (χ3n) is 4.48. The Bertz CT molecular complexity index is 757. The number of nitrogens with one attached hydrogen (secondary N) is 2. The molecule has 0 bridgehead atoms. The van der Waals surface area contributed by atoms with Gasteiger partial charge in [0.1, 0.15) is 5.82 Å². The van der Waals surface area contributed by atoms with Crippen LogP contribution in [0.15, 0.2) is 36.5 Å². The fraction of sp³-hybridized carbons (Fsp3) is 0.400. The number of rotatable bonds is 6. The van der Waals surface area contributed by atoms with Crippen molar-refractivity contribution in [2.24, 2.45) is 0 Å². The summed E-state index contributed by atoms with van der Waals surface area (Å²) in [5.41, 5.74) is 3.96. The molecule has 0 radical (unpaired) electrons. The summed E-state index contributed by atoms with van der Waals surface area (Å²) in [6.45, 7) is 8.98. The number of pyridine rings is 1. The summed E-state index contributed by atoms with van der Waals surface area (Å²) in [5.74, 6) is 0.585. The number of nitrogens with zero attached hydrogens (tertiary/aromatic N) is 2. The monoisotopic (exact) mass is 354 g/mol. The zero-order valence-electron chi connectivity index (χ0n) is 15.4. The van der Waals surface area contributed by atoms with Crippen LogP contribution in [0.1, 0.15) is 21.5 Å². The maximum absolute atomic E-state index is 12.4. The number of hydrogen-bond donors (Lipinski definition) is 2. The number of benzene rings is 1. The molecule has 3 rings (SSSR count). The zero-order chi connectivity index (χ0) is 18.4. The average Bonchev–Trinajstić information content (AvgIpc) is 2.65. The molecular formula is C20H26N4O2. The lowest BCUT2D eigenvalue weighted by molar-refractivity contribution is 0.0383. The molecule has 1 aliphatic heterocycles. The summed E-state index contributed by atoms with van der Waals surface area (Å²) in [6.07, 6.45) is 1.66. The highest BCUT2D eigenvalue weighted by Crippen LogP contribution is 2.20. The van der Waals surface area contributed by atoms with Crippen LogP contribution in [0.5, 0.6) is 0 Å². The largest absolute Gasteiger partial charge is 0.379 e. The zero-order valence-corrected chi connectivity index (χ0v) is 15.4. The minimum absolute atomic E-state index is 0.0793. The number of morpholine rings is 1. The summed E-state index contributed by atoms with van der Waals surface area (Å²) < 4.78 is 5.33. The first kappa shape index (κ1) is 18.4. The molecule has 0 unspecified atom stereocenters. The number of carbonyl (C=O) groups excluding carboxylic acids is 1. The maximum atomic E-state index is 12.4. The average molecular weight is 354 g/mol. The van der Waals surface area contributed by atoms with Gasteiger partial charge in [0, 0.05) is 43.6 Å². The van der Waals surface area contributed by atoms with Gasteiger partial charge in [0.25, 0.3) is 5.91 Å². The van der Waals surface area contributed by atoms with Gasteiger partial charge in [0.15, 0.2) is 0 Å². The Labute approximate surface area is 154 Å². The highest BCUT2D eigenvalue weighted by atomic mass is 16.5. The molecule has 2 aromatic rings. The van der Waals surface area contributed by atoms with Crippen molar-refractivity contribution in [1.82, 2.24) is 15.2 Å². The number of amides is 1. The number of aromatic nitrogens is 1. The maximum Gasteiger partial charge on any atom is 0.251 e. The third-order valence-corrected chi connectivity index (χ3v) is 4.48. The summed E-state index contributed by atoms with van der Waals surface area (Å²) in [7, 11) is 0. The first-order valence-electron chi connectivity index (χ1n) is 9.00. The Balaban J connectivity index is 1.56. The molecule has 6 nitrogen and oxygen atoms in total. The van der Waals surface area contributed by atoms with E-state index in [0.717, 1.165) is 44.1 Å². The number of ether oxygens (including phenoxy) is 1. The molecule has 1 amide bonds. The van der Waals surface area contributed by atoms with E-state index in [0.29, 0.717) is 17.9 Å². The van der Waals surface area contributed by atoms with Gasteiger partial charge in [-0.1, -0.05) is 17.7 Å². The van der Waals surface area contributed by atoms with Gasteiger partial charge in [-0.25, -0.2) is 4.98 Å². The number of carbonyl (C=O) groups is 1. The second kappa shape index (κ2) is 8.78. The van der Waals surface area contributed by atoms with E-state index in [9.17, 15) is 4.79 Å². The van der Waals surface area contributed by atoms with Crippen molar-refractivity contribution in [2.45, 2.75) is 13.8 Å². The van der Waals surface area contributed by atoms with E-state index in [1.807, 2.05) is 6.07 Å². The highest BCUT2D eigenvalue weighted by Gasteiger charge is 2.11. The standard InChI is InChI=1S/C20H26N4O2/c1-15-3-4-18(16(2)13-15)23-19-14-17(5-6-21-19)20(25)22-7-8-24-9-11-26-12-10-24/h3-6,13-14H,7-12H2,1-2H3,(H,21,23)(H,22,25).